The SMILES string of the molecule is CO[C@@H](C)[C@H]1C(=O)Nc2c(C)nc(NC3CC(Oc4ccc(C(F)(F)F)nc4)C3)nc2N1C. The monoisotopic (exact) mass is 466 g/mol. The average Bonchev–Trinajstić information content (AvgIpc) is 2.72. The summed E-state index contributed by atoms with van der Waals surface area (Å²) in [5.74, 6) is 1.14. The number of carbonyl (C=O) groups excluding carboxylic acids is 1. The van der Waals surface area contributed by atoms with E-state index in [-0.39, 0.29) is 24.2 Å². The summed E-state index contributed by atoms with van der Waals surface area (Å²) in [6.07, 6.45) is -2.60. The molecule has 0 unspecified atom stereocenters. The molecule has 2 N–H and O–H groups in total. The fraction of sp³-hybridized carbons (Fsp3) is 0.524. The second-order valence-electron chi connectivity index (χ2n) is 8.25. The molecule has 33 heavy (non-hydrogen) atoms. The molecule has 1 aliphatic heterocycles. The van der Waals surface area contributed by atoms with E-state index in [1.54, 1.807) is 26.0 Å². The van der Waals surface area contributed by atoms with Gasteiger partial charge in [-0.2, -0.15) is 18.2 Å². The highest BCUT2D eigenvalue weighted by molar-refractivity contribution is 6.03. The molecule has 1 fully saturated rings. The predicted molar refractivity (Wildman–Crippen MR) is 114 cm³/mol. The van der Waals surface area contributed by atoms with E-state index in [0.717, 1.165) is 12.3 Å². The van der Waals surface area contributed by atoms with Crippen molar-refractivity contribution in [3.05, 3.63) is 29.7 Å². The Morgan fingerprint density at radius 1 is 1.27 bits per heavy atom. The third-order valence-electron chi connectivity index (χ3n) is 5.91. The van der Waals surface area contributed by atoms with Crippen LogP contribution >= 0.6 is 0 Å². The molecule has 2 aromatic rings. The number of pyridine rings is 1. The lowest BCUT2D eigenvalue weighted by Gasteiger charge is -2.38. The van der Waals surface area contributed by atoms with Crippen LogP contribution in [0.1, 0.15) is 31.2 Å². The number of aromatic nitrogens is 3. The van der Waals surface area contributed by atoms with Gasteiger partial charge in [-0.1, -0.05) is 0 Å². The fourth-order valence-electron chi connectivity index (χ4n) is 3.96. The summed E-state index contributed by atoms with van der Waals surface area (Å²) in [7, 11) is 3.34. The Hall–Kier alpha value is -3.15. The summed E-state index contributed by atoms with van der Waals surface area (Å²) in [5.41, 5.74) is 0.248. The molecule has 0 aromatic carbocycles. The molecule has 2 aromatic heterocycles. The summed E-state index contributed by atoms with van der Waals surface area (Å²) in [6.45, 7) is 3.61. The van der Waals surface area contributed by atoms with Gasteiger partial charge in [-0.25, -0.2) is 9.97 Å². The van der Waals surface area contributed by atoms with Gasteiger partial charge in [0.05, 0.1) is 18.0 Å². The van der Waals surface area contributed by atoms with Crippen LogP contribution < -0.4 is 20.3 Å². The lowest BCUT2D eigenvalue weighted by Crippen LogP contribution is -2.53. The number of alkyl halides is 3. The number of anilines is 3. The van der Waals surface area contributed by atoms with E-state index in [2.05, 4.69) is 25.6 Å². The molecule has 1 amide bonds. The molecular weight excluding hydrogens is 441 g/mol. The fourth-order valence-corrected chi connectivity index (χ4v) is 3.96. The minimum atomic E-state index is -4.48. The lowest BCUT2D eigenvalue weighted by atomic mass is 9.89. The molecule has 0 bridgehead atoms. The maximum Gasteiger partial charge on any atom is 0.433 e. The van der Waals surface area contributed by atoms with Crippen LogP contribution in [0.25, 0.3) is 0 Å². The molecule has 1 aliphatic carbocycles. The van der Waals surface area contributed by atoms with Crippen LogP contribution in [-0.4, -0.2) is 59.3 Å². The van der Waals surface area contributed by atoms with Gasteiger partial charge in [0.25, 0.3) is 0 Å². The van der Waals surface area contributed by atoms with Crippen LogP contribution in [0.5, 0.6) is 5.75 Å². The number of hydrogen-bond donors (Lipinski definition) is 2. The third kappa shape index (κ3) is 4.65. The summed E-state index contributed by atoms with van der Waals surface area (Å²) < 4.78 is 48.9. The van der Waals surface area contributed by atoms with Gasteiger partial charge >= 0.3 is 6.18 Å². The normalized spacial score (nSPS) is 23.3. The Balaban J connectivity index is 1.38. The zero-order valence-corrected chi connectivity index (χ0v) is 18.6. The number of carbonyl (C=O) groups is 1. The van der Waals surface area contributed by atoms with Crippen LogP contribution in [0.2, 0.25) is 0 Å². The number of likely N-dealkylation sites (N-methyl/N-ethyl adjacent to an activating group) is 1. The van der Waals surface area contributed by atoms with Gasteiger partial charge in [-0.3, -0.25) is 4.79 Å². The molecule has 0 radical (unpaired) electrons. The highest BCUT2D eigenvalue weighted by Crippen LogP contribution is 2.35. The predicted octanol–water partition coefficient (Wildman–Crippen LogP) is 3.01. The van der Waals surface area contributed by atoms with E-state index in [1.165, 1.54) is 6.07 Å². The quantitative estimate of drug-likeness (QED) is 0.670. The van der Waals surface area contributed by atoms with Crippen molar-refractivity contribution < 1.29 is 27.4 Å². The molecule has 2 aliphatic rings. The Labute approximate surface area is 188 Å². The number of aryl methyl sites for hydroxylation is 1. The summed E-state index contributed by atoms with van der Waals surface area (Å²) >= 11 is 0. The zero-order valence-electron chi connectivity index (χ0n) is 18.6. The maximum absolute atomic E-state index is 12.6. The molecule has 178 valence electrons. The zero-order chi connectivity index (χ0) is 23.9. The molecule has 2 atom stereocenters. The van der Waals surface area contributed by atoms with Gasteiger partial charge in [0.1, 0.15) is 29.3 Å². The van der Waals surface area contributed by atoms with Crippen LogP contribution in [0.4, 0.5) is 30.6 Å². The summed E-state index contributed by atoms with van der Waals surface area (Å²) in [6, 6.07) is 1.70. The molecular formula is C21H25F3N6O3. The van der Waals surface area contributed by atoms with E-state index < -0.39 is 17.9 Å². The number of ether oxygens (including phenoxy) is 2. The standard InChI is InChI=1S/C21H25F3N6O3/c1-10-16-18(30(3)17(11(2)32-4)19(31)28-16)29-20(26-10)27-12-7-14(8-12)33-13-5-6-15(25-9-13)21(22,23)24/h5-6,9,11-12,14,17H,7-8H2,1-4H3,(H,28,31)(H,26,27,29)/t11-,12?,14?,17-/m0/s1. The van der Waals surface area contributed by atoms with Crippen molar-refractivity contribution in [3.63, 3.8) is 0 Å². The van der Waals surface area contributed by atoms with Gasteiger partial charge in [-0.05, 0) is 26.0 Å². The first-order valence-corrected chi connectivity index (χ1v) is 10.5. The Morgan fingerprint density at radius 3 is 2.61 bits per heavy atom. The number of amides is 1. The van der Waals surface area contributed by atoms with E-state index in [1.807, 2.05) is 6.92 Å². The van der Waals surface area contributed by atoms with Gasteiger partial charge in [-0.15, -0.1) is 0 Å². The van der Waals surface area contributed by atoms with E-state index in [0.29, 0.717) is 41.7 Å². The number of nitrogens with one attached hydrogen (secondary N) is 2. The van der Waals surface area contributed by atoms with Crippen molar-refractivity contribution in [3.8, 4) is 5.75 Å². The van der Waals surface area contributed by atoms with Crippen molar-refractivity contribution in [2.24, 2.45) is 0 Å². The van der Waals surface area contributed by atoms with Crippen LogP contribution in [0, 0.1) is 6.92 Å². The summed E-state index contributed by atoms with van der Waals surface area (Å²) in [5, 5.41) is 6.14. The average molecular weight is 466 g/mol. The number of methoxy groups -OCH3 is 1. The van der Waals surface area contributed by atoms with Crippen LogP contribution in [-0.2, 0) is 15.7 Å². The van der Waals surface area contributed by atoms with Crippen LogP contribution in [0.15, 0.2) is 18.3 Å². The second kappa shape index (κ2) is 8.65. The summed E-state index contributed by atoms with van der Waals surface area (Å²) in [4.78, 5) is 26.8. The van der Waals surface area contributed by atoms with Gasteiger partial charge in [0, 0.05) is 33.0 Å². The smallest absolute Gasteiger partial charge is 0.433 e. The van der Waals surface area contributed by atoms with Gasteiger partial charge < -0.3 is 25.0 Å². The van der Waals surface area contributed by atoms with Crippen LogP contribution in [0.3, 0.4) is 0 Å². The maximum atomic E-state index is 12.6. The minimum Gasteiger partial charge on any atom is -0.489 e. The molecule has 3 heterocycles. The number of rotatable bonds is 6. The van der Waals surface area contributed by atoms with E-state index in [9.17, 15) is 18.0 Å². The van der Waals surface area contributed by atoms with Crippen molar-refractivity contribution in [2.75, 3.05) is 29.7 Å². The molecule has 0 spiro atoms. The van der Waals surface area contributed by atoms with Crippen molar-refractivity contribution in [2.45, 2.75) is 57.2 Å². The molecule has 12 heteroatoms. The number of halogens is 3. The number of hydrogen-bond acceptors (Lipinski definition) is 8. The van der Waals surface area contributed by atoms with E-state index in [4.69, 9.17) is 9.47 Å². The third-order valence-corrected chi connectivity index (χ3v) is 5.91. The Kier molecular flexibility index (Phi) is 6.04. The highest BCUT2D eigenvalue weighted by Gasteiger charge is 2.38. The molecule has 9 nitrogen and oxygen atoms in total. The first-order chi connectivity index (χ1) is 15.6. The molecule has 1 saturated carbocycles. The minimum absolute atomic E-state index is 0.0482. The number of fused-ring (bicyclic) bond motifs is 1. The van der Waals surface area contributed by atoms with Gasteiger partial charge in [0.15, 0.2) is 5.82 Å². The van der Waals surface area contributed by atoms with Gasteiger partial charge in [0.2, 0.25) is 11.9 Å². The molecule has 4 rings (SSSR count). The first-order valence-electron chi connectivity index (χ1n) is 10.5. The Bertz CT molecular complexity index is 1030. The van der Waals surface area contributed by atoms with Crippen molar-refractivity contribution in [1.82, 2.24) is 15.0 Å². The number of nitrogens with zero attached hydrogens (tertiary/aromatic N) is 4. The Morgan fingerprint density at radius 2 is 2.00 bits per heavy atom. The lowest BCUT2D eigenvalue weighted by molar-refractivity contribution is -0.141. The molecule has 0 saturated heterocycles. The second-order valence-corrected chi connectivity index (χ2v) is 8.25. The van der Waals surface area contributed by atoms with Crippen molar-refractivity contribution in [1.29, 1.82) is 0 Å². The first kappa shape index (κ1) is 23.0. The largest absolute Gasteiger partial charge is 0.489 e. The van der Waals surface area contributed by atoms with Crippen molar-refractivity contribution >= 4 is 23.4 Å². The highest BCUT2D eigenvalue weighted by atomic mass is 19.4. The topological polar surface area (TPSA) is 102 Å². The van der Waals surface area contributed by atoms with E-state index >= 15 is 0 Å².